The molecule has 0 aliphatic rings. The van der Waals surface area contributed by atoms with Crippen molar-refractivity contribution < 1.29 is 21.6 Å². The molecule has 0 saturated carbocycles. The Balaban J connectivity index is 1.41. The van der Waals surface area contributed by atoms with Crippen LogP contribution in [0.4, 0.5) is 24.5 Å². The first-order valence-electron chi connectivity index (χ1n) is 18.1. The second-order valence-corrected chi connectivity index (χ2v) is 19.3. The maximum Gasteiger partial charge on any atom is 0.281 e. The van der Waals surface area contributed by atoms with Crippen LogP contribution in [-0.2, 0) is 20.9 Å². The van der Waals surface area contributed by atoms with Gasteiger partial charge in [0.1, 0.15) is 23.2 Å². The molecule has 3 aromatic carbocycles. The lowest BCUT2D eigenvalue weighted by Crippen LogP contribution is -2.37. The number of hydrazine groups is 1. The fraction of sp³-hybridized carbons (Fsp3) is 0.238. The molecule has 16 heteroatoms. The van der Waals surface area contributed by atoms with Crippen LogP contribution in [-0.4, -0.2) is 38.3 Å². The third kappa shape index (κ3) is 7.95. The standard InChI is InChI=1S/C42H39F3N8O2S3/c1-23-46-20-18-30(48-23)37-35(50-39(56-37)41(3,4)5)27-14-10-16-29(33(27)44)52-53(58(54,55)26-13-9-12-25(43)22-26)32-17-11-15-28(34(32)45)36-38(31-19-21-47-24(2)49-31)57-40(51-36)42(6,7)8/h9-22,52H,1-8H3. The normalized spacial score (nSPS) is 12.2. The molecule has 0 aliphatic carbocycles. The minimum absolute atomic E-state index is 0.0343. The van der Waals surface area contributed by atoms with Crippen LogP contribution in [0.3, 0.4) is 0 Å². The molecule has 4 heterocycles. The Morgan fingerprint density at radius 2 is 1.14 bits per heavy atom. The summed E-state index contributed by atoms with van der Waals surface area (Å²) in [5.41, 5.74) is 2.58. The zero-order chi connectivity index (χ0) is 41.7. The highest BCUT2D eigenvalue weighted by Crippen LogP contribution is 2.44. The van der Waals surface area contributed by atoms with E-state index in [1.807, 2.05) is 41.5 Å². The van der Waals surface area contributed by atoms with E-state index in [2.05, 4.69) is 25.4 Å². The first-order valence-corrected chi connectivity index (χ1v) is 21.2. The predicted molar refractivity (Wildman–Crippen MR) is 224 cm³/mol. The number of aryl methyl sites for hydroxylation is 2. The molecule has 0 atom stereocenters. The summed E-state index contributed by atoms with van der Waals surface area (Å²) in [5, 5.41) is 1.40. The van der Waals surface area contributed by atoms with E-state index in [1.165, 1.54) is 71.2 Å². The van der Waals surface area contributed by atoms with Gasteiger partial charge >= 0.3 is 0 Å². The van der Waals surface area contributed by atoms with Crippen LogP contribution in [0.15, 0.2) is 90.1 Å². The van der Waals surface area contributed by atoms with Gasteiger partial charge in [0, 0.05) is 34.4 Å². The van der Waals surface area contributed by atoms with Crippen LogP contribution in [0.2, 0.25) is 0 Å². The van der Waals surface area contributed by atoms with Crippen LogP contribution >= 0.6 is 22.7 Å². The quantitative estimate of drug-likeness (QED) is 0.141. The van der Waals surface area contributed by atoms with Gasteiger partial charge in [0.05, 0.1) is 53.1 Å². The van der Waals surface area contributed by atoms with Gasteiger partial charge in [-0.25, -0.2) is 43.1 Å². The molecule has 0 radical (unpaired) electrons. The van der Waals surface area contributed by atoms with Gasteiger partial charge in [-0.1, -0.05) is 59.7 Å². The number of hydrogen-bond acceptors (Lipinski definition) is 11. The van der Waals surface area contributed by atoms with Crippen molar-refractivity contribution in [3.05, 3.63) is 124 Å². The molecule has 7 aromatic rings. The summed E-state index contributed by atoms with van der Waals surface area (Å²) >= 11 is 2.70. The number of thiazole rings is 2. The molecule has 0 spiro atoms. The van der Waals surface area contributed by atoms with E-state index in [1.54, 1.807) is 38.4 Å². The number of benzene rings is 3. The van der Waals surface area contributed by atoms with Crippen molar-refractivity contribution in [3.63, 3.8) is 0 Å². The maximum absolute atomic E-state index is 17.3. The SMILES string of the molecule is Cc1nccc(-c2sc(C(C)(C)C)nc2-c2cccc(NN(c3cccc(-c4nc(C(C)(C)C)sc4-c4ccnc(C)n4)c3F)S(=O)(=O)c3cccc(F)c3)c2F)n1. The Labute approximate surface area is 343 Å². The monoisotopic (exact) mass is 840 g/mol. The molecule has 58 heavy (non-hydrogen) atoms. The molecule has 298 valence electrons. The molecule has 1 N–H and O–H groups in total. The molecule has 0 fully saturated rings. The van der Waals surface area contributed by atoms with E-state index in [9.17, 15) is 12.8 Å². The van der Waals surface area contributed by atoms with Gasteiger partial charge in [0.25, 0.3) is 10.0 Å². The smallest absolute Gasteiger partial charge is 0.281 e. The van der Waals surface area contributed by atoms with Crippen molar-refractivity contribution in [1.29, 1.82) is 0 Å². The van der Waals surface area contributed by atoms with Crippen molar-refractivity contribution in [1.82, 2.24) is 29.9 Å². The highest BCUT2D eigenvalue weighted by Gasteiger charge is 2.33. The van der Waals surface area contributed by atoms with Gasteiger partial charge in [0.15, 0.2) is 11.6 Å². The minimum atomic E-state index is -4.84. The average molecular weight is 841 g/mol. The summed E-state index contributed by atoms with van der Waals surface area (Å²) in [6.07, 6.45) is 3.20. The van der Waals surface area contributed by atoms with Crippen molar-refractivity contribution in [3.8, 4) is 43.7 Å². The third-order valence-electron chi connectivity index (χ3n) is 8.82. The van der Waals surface area contributed by atoms with E-state index in [-0.39, 0.29) is 28.2 Å². The summed E-state index contributed by atoms with van der Waals surface area (Å²) in [6, 6.07) is 16.3. The molecular weight excluding hydrogens is 802 g/mol. The van der Waals surface area contributed by atoms with Gasteiger partial charge in [-0.3, -0.25) is 5.43 Å². The third-order valence-corrected chi connectivity index (χ3v) is 13.4. The van der Waals surface area contributed by atoms with Crippen LogP contribution < -0.4 is 9.84 Å². The average Bonchev–Trinajstić information content (AvgIpc) is 3.82. The number of hydrogen-bond donors (Lipinski definition) is 1. The molecule has 10 nitrogen and oxygen atoms in total. The summed E-state index contributed by atoms with van der Waals surface area (Å²) in [5.74, 6) is -1.68. The number of halogens is 3. The molecule has 0 amide bonds. The number of rotatable bonds is 9. The Morgan fingerprint density at radius 3 is 1.64 bits per heavy atom. The Hall–Kier alpha value is -5.58. The molecule has 0 aliphatic heterocycles. The molecule has 7 rings (SSSR count). The molecular formula is C42H39F3N8O2S3. The molecule has 4 aromatic heterocycles. The van der Waals surface area contributed by atoms with Crippen LogP contribution in [0.5, 0.6) is 0 Å². The number of anilines is 2. The lowest BCUT2D eigenvalue weighted by molar-refractivity contribution is 0.583. The van der Waals surface area contributed by atoms with Crippen molar-refractivity contribution in [2.45, 2.75) is 71.1 Å². The van der Waals surface area contributed by atoms with Crippen LogP contribution in [0.1, 0.15) is 63.2 Å². The van der Waals surface area contributed by atoms with E-state index >= 15 is 8.78 Å². The number of aromatic nitrogens is 6. The molecule has 0 saturated heterocycles. The van der Waals surface area contributed by atoms with Gasteiger partial charge in [-0.05, 0) is 68.4 Å². The van der Waals surface area contributed by atoms with E-state index in [0.29, 0.717) is 47.2 Å². The predicted octanol–water partition coefficient (Wildman–Crippen LogP) is 10.7. The zero-order valence-electron chi connectivity index (χ0n) is 32.9. The minimum Gasteiger partial charge on any atom is -0.281 e. The van der Waals surface area contributed by atoms with Crippen LogP contribution in [0.25, 0.3) is 43.7 Å². The highest BCUT2D eigenvalue weighted by atomic mass is 32.2. The van der Waals surface area contributed by atoms with E-state index in [4.69, 9.17) is 9.97 Å². The maximum atomic E-state index is 17.3. The second kappa shape index (κ2) is 15.3. The summed E-state index contributed by atoms with van der Waals surface area (Å²) in [6.45, 7) is 15.4. The lowest BCUT2D eigenvalue weighted by Gasteiger charge is -2.27. The number of sulfonamides is 1. The van der Waals surface area contributed by atoms with Gasteiger partial charge in [0.2, 0.25) is 0 Å². The van der Waals surface area contributed by atoms with E-state index < -0.39 is 48.9 Å². The Morgan fingerprint density at radius 1 is 0.638 bits per heavy atom. The van der Waals surface area contributed by atoms with Crippen molar-refractivity contribution in [2.75, 3.05) is 9.84 Å². The number of nitrogens with zero attached hydrogens (tertiary/aromatic N) is 7. The molecule has 0 bridgehead atoms. The van der Waals surface area contributed by atoms with Crippen LogP contribution in [0, 0.1) is 31.3 Å². The summed E-state index contributed by atoms with van der Waals surface area (Å²) in [4.78, 5) is 27.9. The number of nitrogens with one attached hydrogen (secondary N) is 1. The summed E-state index contributed by atoms with van der Waals surface area (Å²) in [7, 11) is -4.84. The molecule has 0 unspecified atom stereocenters. The fourth-order valence-corrected chi connectivity index (χ4v) is 9.47. The Bertz CT molecular complexity index is 2790. The lowest BCUT2D eigenvalue weighted by atomic mass is 9.98. The summed E-state index contributed by atoms with van der Waals surface area (Å²) < 4.78 is 78.7. The second-order valence-electron chi connectivity index (χ2n) is 15.5. The van der Waals surface area contributed by atoms with E-state index in [0.717, 1.165) is 12.1 Å². The van der Waals surface area contributed by atoms with Gasteiger partial charge in [-0.2, -0.15) is 12.8 Å². The first-order chi connectivity index (χ1) is 27.3. The van der Waals surface area contributed by atoms with Gasteiger partial charge in [-0.15, -0.1) is 22.7 Å². The topological polar surface area (TPSA) is 127 Å². The fourth-order valence-electron chi connectivity index (χ4n) is 5.91. The largest absolute Gasteiger partial charge is 0.281 e. The first kappa shape index (κ1) is 40.6. The van der Waals surface area contributed by atoms with Crippen molar-refractivity contribution >= 4 is 44.1 Å². The Kier molecular flexibility index (Phi) is 10.7. The van der Waals surface area contributed by atoms with Crippen molar-refractivity contribution in [2.24, 2.45) is 0 Å². The highest BCUT2D eigenvalue weighted by molar-refractivity contribution is 7.93. The van der Waals surface area contributed by atoms with Gasteiger partial charge < -0.3 is 0 Å². The zero-order valence-corrected chi connectivity index (χ0v) is 35.3.